The van der Waals surface area contributed by atoms with E-state index < -0.39 is 0 Å². The molecule has 136 valence electrons. The number of carbonyl (C=O) groups is 3. The molecular formula is C19H21N3O3S. The van der Waals surface area contributed by atoms with Crippen molar-refractivity contribution in [1.82, 2.24) is 15.1 Å². The summed E-state index contributed by atoms with van der Waals surface area (Å²) >= 11 is 1.58. The van der Waals surface area contributed by atoms with Crippen molar-refractivity contribution in [2.45, 2.75) is 6.42 Å². The molecule has 1 N–H and O–H groups in total. The van der Waals surface area contributed by atoms with E-state index in [1.807, 2.05) is 23.6 Å². The van der Waals surface area contributed by atoms with Crippen LogP contribution in [0.15, 0.2) is 47.8 Å². The lowest BCUT2D eigenvalue weighted by molar-refractivity contribution is -0.138. The Hall–Kier alpha value is -2.67. The average molecular weight is 371 g/mol. The first-order chi connectivity index (χ1) is 12.6. The van der Waals surface area contributed by atoms with E-state index in [0.717, 1.165) is 4.88 Å². The standard InChI is InChI=1S/C19H21N3O3S/c23-17(13-16-7-4-12-26-16)21-8-10-22(11-9-21)18(24)14-20-19(25)15-5-2-1-3-6-15/h1-7,12H,8-11,13-14H2,(H,20,25). The number of rotatable bonds is 5. The summed E-state index contributed by atoms with van der Waals surface area (Å²) in [5, 5.41) is 4.61. The first-order valence-electron chi connectivity index (χ1n) is 8.54. The van der Waals surface area contributed by atoms with E-state index in [-0.39, 0.29) is 24.3 Å². The Morgan fingerprint density at radius 1 is 0.885 bits per heavy atom. The van der Waals surface area contributed by atoms with Crippen LogP contribution in [0.1, 0.15) is 15.2 Å². The molecule has 1 fully saturated rings. The van der Waals surface area contributed by atoms with Crippen molar-refractivity contribution in [2.24, 2.45) is 0 Å². The monoisotopic (exact) mass is 371 g/mol. The van der Waals surface area contributed by atoms with Crippen molar-refractivity contribution < 1.29 is 14.4 Å². The molecule has 1 aromatic carbocycles. The van der Waals surface area contributed by atoms with Gasteiger partial charge in [-0.05, 0) is 23.6 Å². The molecule has 1 aliphatic rings. The summed E-state index contributed by atoms with van der Waals surface area (Å²) in [5.74, 6) is -0.291. The normalized spacial score (nSPS) is 14.2. The van der Waals surface area contributed by atoms with Gasteiger partial charge in [0.15, 0.2) is 0 Å². The molecule has 3 amide bonds. The first kappa shape index (κ1) is 18.1. The Morgan fingerprint density at radius 2 is 1.54 bits per heavy atom. The van der Waals surface area contributed by atoms with Gasteiger partial charge in [-0.25, -0.2) is 0 Å². The zero-order valence-electron chi connectivity index (χ0n) is 14.4. The van der Waals surface area contributed by atoms with Crippen molar-refractivity contribution in [3.63, 3.8) is 0 Å². The van der Waals surface area contributed by atoms with Gasteiger partial charge in [-0.2, -0.15) is 0 Å². The van der Waals surface area contributed by atoms with Gasteiger partial charge >= 0.3 is 0 Å². The highest BCUT2D eigenvalue weighted by molar-refractivity contribution is 7.10. The molecule has 1 aromatic heterocycles. The van der Waals surface area contributed by atoms with Crippen molar-refractivity contribution in [2.75, 3.05) is 32.7 Å². The Balaban J connectivity index is 1.42. The molecule has 2 heterocycles. The van der Waals surface area contributed by atoms with Crippen LogP contribution in [0, 0.1) is 0 Å². The molecule has 1 saturated heterocycles. The van der Waals surface area contributed by atoms with Crippen LogP contribution in [0.3, 0.4) is 0 Å². The highest BCUT2D eigenvalue weighted by atomic mass is 32.1. The number of piperazine rings is 1. The fourth-order valence-corrected chi connectivity index (χ4v) is 3.53. The largest absolute Gasteiger partial charge is 0.343 e. The topological polar surface area (TPSA) is 69.7 Å². The van der Waals surface area contributed by atoms with E-state index in [2.05, 4.69) is 5.32 Å². The van der Waals surface area contributed by atoms with Gasteiger partial charge in [0.1, 0.15) is 0 Å². The molecule has 0 spiro atoms. The van der Waals surface area contributed by atoms with Crippen molar-refractivity contribution >= 4 is 29.1 Å². The number of benzene rings is 1. The predicted octanol–water partition coefficient (Wildman–Crippen LogP) is 1.39. The van der Waals surface area contributed by atoms with Gasteiger partial charge in [0, 0.05) is 36.6 Å². The van der Waals surface area contributed by atoms with Crippen LogP contribution in [0.2, 0.25) is 0 Å². The molecule has 3 rings (SSSR count). The summed E-state index contributed by atoms with van der Waals surface area (Å²) in [4.78, 5) is 41.1. The van der Waals surface area contributed by atoms with Crippen LogP contribution in [0.5, 0.6) is 0 Å². The van der Waals surface area contributed by atoms with Crippen LogP contribution in [-0.2, 0) is 16.0 Å². The number of carbonyl (C=O) groups excluding carboxylic acids is 3. The minimum absolute atomic E-state index is 0.0309. The zero-order valence-corrected chi connectivity index (χ0v) is 15.2. The van der Waals surface area contributed by atoms with Gasteiger partial charge in [-0.15, -0.1) is 11.3 Å². The van der Waals surface area contributed by atoms with Gasteiger partial charge in [0.05, 0.1) is 13.0 Å². The molecule has 26 heavy (non-hydrogen) atoms. The van der Waals surface area contributed by atoms with E-state index >= 15 is 0 Å². The van der Waals surface area contributed by atoms with Crippen LogP contribution >= 0.6 is 11.3 Å². The summed E-state index contributed by atoms with van der Waals surface area (Å²) in [7, 11) is 0. The fraction of sp³-hybridized carbons (Fsp3) is 0.316. The lowest BCUT2D eigenvalue weighted by Gasteiger charge is -2.34. The second kappa shape index (κ2) is 8.62. The van der Waals surface area contributed by atoms with Crippen molar-refractivity contribution in [1.29, 1.82) is 0 Å². The minimum atomic E-state index is -0.260. The van der Waals surface area contributed by atoms with Crippen LogP contribution in [-0.4, -0.2) is 60.2 Å². The quantitative estimate of drug-likeness (QED) is 0.864. The molecule has 7 heteroatoms. The number of thiophene rings is 1. The third-order valence-corrected chi connectivity index (χ3v) is 5.20. The van der Waals surface area contributed by atoms with Gasteiger partial charge < -0.3 is 15.1 Å². The fourth-order valence-electron chi connectivity index (χ4n) is 2.84. The second-order valence-electron chi connectivity index (χ2n) is 6.07. The Labute approximate surface area is 156 Å². The molecule has 0 saturated carbocycles. The van der Waals surface area contributed by atoms with Crippen LogP contribution < -0.4 is 5.32 Å². The van der Waals surface area contributed by atoms with E-state index in [4.69, 9.17) is 0 Å². The summed E-state index contributed by atoms with van der Waals surface area (Å²) in [6.45, 7) is 2.02. The maximum absolute atomic E-state index is 12.3. The molecule has 6 nitrogen and oxygen atoms in total. The van der Waals surface area contributed by atoms with Gasteiger partial charge in [0.25, 0.3) is 5.91 Å². The highest BCUT2D eigenvalue weighted by Gasteiger charge is 2.24. The lowest BCUT2D eigenvalue weighted by Crippen LogP contribution is -2.52. The van der Waals surface area contributed by atoms with E-state index in [1.165, 1.54) is 0 Å². The third-order valence-electron chi connectivity index (χ3n) is 4.33. The SMILES string of the molecule is O=C(NCC(=O)N1CCN(C(=O)Cc2cccs2)CC1)c1ccccc1. The molecular weight excluding hydrogens is 350 g/mol. The highest BCUT2D eigenvalue weighted by Crippen LogP contribution is 2.12. The first-order valence-corrected chi connectivity index (χ1v) is 9.42. The molecule has 0 unspecified atom stereocenters. The third kappa shape index (κ3) is 4.70. The summed E-state index contributed by atoms with van der Waals surface area (Å²) in [5.41, 5.74) is 0.532. The lowest BCUT2D eigenvalue weighted by atomic mass is 10.2. The Bertz CT molecular complexity index is 754. The van der Waals surface area contributed by atoms with Gasteiger partial charge in [-0.3, -0.25) is 14.4 Å². The molecule has 2 aromatic rings. The van der Waals surface area contributed by atoms with Gasteiger partial charge in [0.2, 0.25) is 11.8 Å². The number of hydrogen-bond donors (Lipinski definition) is 1. The Morgan fingerprint density at radius 3 is 2.15 bits per heavy atom. The smallest absolute Gasteiger partial charge is 0.251 e. The minimum Gasteiger partial charge on any atom is -0.343 e. The second-order valence-corrected chi connectivity index (χ2v) is 7.10. The van der Waals surface area contributed by atoms with Crippen LogP contribution in [0.4, 0.5) is 0 Å². The molecule has 0 atom stereocenters. The summed E-state index contributed by atoms with van der Waals surface area (Å²) < 4.78 is 0. The maximum Gasteiger partial charge on any atom is 0.251 e. The number of amides is 3. The molecule has 0 aliphatic carbocycles. The number of hydrogen-bond acceptors (Lipinski definition) is 4. The van der Waals surface area contributed by atoms with Crippen LogP contribution in [0.25, 0.3) is 0 Å². The van der Waals surface area contributed by atoms with Gasteiger partial charge in [-0.1, -0.05) is 24.3 Å². The maximum atomic E-state index is 12.3. The molecule has 1 aliphatic heterocycles. The van der Waals surface area contributed by atoms with E-state index in [1.54, 1.807) is 45.4 Å². The summed E-state index contributed by atoms with van der Waals surface area (Å²) in [6.07, 6.45) is 0.415. The number of nitrogens with one attached hydrogen (secondary N) is 1. The predicted molar refractivity (Wildman–Crippen MR) is 100.0 cm³/mol. The molecule has 0 bridgehead atoms. The van der Waals surface area contributed by atoms with Crippen molar-refractivity contribution in [3.8, 4) is 0 Å². The summed E-state index contributed by atoms with van der Waals surface area (Å²) in [6, 6.07) is 12.7. The average Bonchev–Trinajstić information content (AvgIpc) is 3.19. The molecule has 0 radical (unpaired) electrons. The van der Waals surface area contributed by atoms with E-state index in [0.29, 0.717) is 38.2 Å². The number of nitrogens with zero attached hydrogens (tertiary/aromatic N) is 2. The van der Waals surface area contributed by atoms with E-state index in [9.17, 15) is 14.4 Å². The Kier molecular flexibility index (Phi) is 6.01. The zero-order chi connectivity index (χ0) is 18.4. The van der Waals surface area contributed by atoms with Crippen molar-refractivity contribution in [3.05, 3.63) is 58.3 Å².